The molecule has 1 unspecified atom stereocenters. The lowest BCUT2D eigenvalue weighted by Crippen LogP contribution is -2.36. The van der Waals surface area contributed by atoms with Crippen LogP contribution in [0.1, 0.15) is 24.5 Å². The molecule has 1 heterocycles. The molecule has 0 fully saturated rings. The lowest BCUT2D eigenvalue weighted by atomic mass is 10.1. The SMILES string of the molecule is Cc1cc(Cl)ccc1NCCC(=O)N1c2ccccc2CC1C. The van der Waals surface area contributed by atoms with Gasteiger partial charge in [-0.2, -0.15) is 0 Å². The van der Waals surface area contributed by atoms with Crippen LogP contribution in [0.15, 0.2) is 42.5 Å². The van der Waals surface area contributed by atoms with Crippen LogP contribution in [-0.4, -0.2) is 18.5 Å². The van der Waals surface area contributed by atoms with Gasteiger partial charge < -0.3 is 10.2 Å². The summed E-state index contributed by atoms with van der Waals surface area (Å²) in [6.07, 6.45) is 1.41. The van der Waals surface area contributed by atoms with Crippen molar-refractivity contribution in [3.05, 3.63) is 58.6 Å². The van der Waals surface area contributed by atoms with Crippen LogP contribution in [0.4, 0.5) is 11.4 Å². The van der Waals surface area contributed by atoms with E-state index >= 15 is 0 Å². The molecule has 1 amide bonds. The van der Waals surface area contributed by atoms with E-state index in [1.165, 1.54) is 5.56 Å². The molecule has 3 nitrogen and oxygen atoms in total. The van der Waals surface area contributed by atoms with Gasteiger partial charge in [-0.3, -0.25) is 4.79 Å². The average Bonchev–Trinajstić information content (AvgIpc) is 2.85. The number of halogens is 1. The zero-order valence-corrected chi connectivity index (χ0v) is 14.2. The standard InChI is InChI=1S/C19H21ClN2O/c1-13-11-16(20)7-8-17(13)21-10-9-19(23)22-14(2)12-15-5-3-4-6-18(15)22/h3-8,11,14,21H,9-10,12H2,1-2H3. The first-order valence-electron chi connectivity index (χ1n) is 7.96. The highest BCUT2D eigenvalue weighted by molar-refractivity contribution is 6.30. The topological polar surface area (TPSA) is 32.3 Å². The highest BCUT2D eigenvalue weighted by Gasteiger charge is 2.29. The maximum atomic E-state index is 12.6. The third-order valence-electron chi connectivity index (χ3n) is 4.32. The molecule has 0 aliphatic carbocycles. The molecule has 120 valence electrons. The van der Waals surface area contributed by atoms with Crippen molar-refractivity contribution in [1.29, 1.82) is 0 Å². The second-order valence-electron chi connectivity index (χ2n) is 6.08. The Morgan fingerprint density at radius 2 is 2.09 bits per heavy atom. The predicted molar refractivity (Wildman–Crippen MR) is 96.4 cm³/mol. The van der Waals surface area contributed by atoms with Gasteiger partial charge in [0.25, 0.3) is 0 Å². The first-order chi connectivity index (χ1) is 11.1. The van der Waals surface area contributed by atoms with E-state index in [1.54, 1.807) is 0 Å². The second kappa shape index (κ2) is 6.63. The first-order valence-corrected chi connectivity index (χ1v) is 8.34. The number of hydrogen-bond donors (Lipinski definition) is 1. The number of fused-ring (bicyclic) bond motifs is 1. The van der Waals surface area contributed by atoms with Crippen LogP contribution in [0, 0.1) is 6.92 Å². The van der Waals surface area contributed by atoms with E-state index in [1.807, 2.05) is 48.2 Å². The Morgan fingerprint density at radius 3 is 2.87 bits per heavy atom. The van der Waals surface area contributed by atoms with Gasteiger partial charge in [0.05, 0.1) is 0 Å². The van der Waals surface area contributed by atoms with E-state index in [-0.39, 0.29) is 11.9 Å². The minimum atomic E-state index is 0.168. The van der Waals surface area contributed by atoms with Crippen molar-refractivity contribution in [2.24, 2.45) is 0 Å². The minimum absolute atomic E-state index is 0.168. The van der Waals surface area contributed by atoms with E-state index in [0.717, 1.165) is 28.4 Å². The van der Waals surface area contributed by atoms with Crippen LogP contribution < -0.4 is 10.2 Å². The van der Waals surface area contributed by atoms with Crippen molar-refractivity contribution in [1.82, 2.24) is 0 Å². The van der Waals surface area contributed by atoms with Crippen molar-refractivity contribution in [2.75, 3.05) is 16.8 Å². The van der Waals surface area contributed by atoms with Crippen LogP contribution in [0.5, 0.6) is 0 Å². The summed E-state index contributed by atoms with van der Waals surface area (Å²) in [5.74, 6) is 0.168. The summed E-state index contributed by atoms with van der Waals surface area (Å²) < 4.78 is 0. The lowest BCUT2D eigenvalue weighted by Gasteiger charge is -2.23. The lowest BCUT2D eigenvalue weighted by molar-refractivity contribution is -0.118. The molecule has 1 N–H and O–H groups in total. The second-order valence-corrected chi connectivity index (χ2v) is 6.52. The Bertz CT molecular complexity index is 729. The molecule has 0 aromatic heterocycles. The molecule has 23 heavy (non-hydrogen) atoms. The Labute approximate surface area is 142 Å². The molecular weight excluding hydrogens is 308 g/mol. The number of carbonyl (C=O) groups excluding carboxylic acids is 1. The first kappa shape index (κ1) is 15.9. The Kier molecular flexibility index (Phi) is 4.58. The number of carbonyl (C=O) groups is 1. The number of anilines is 2. The number of amides is 1. The fourth-order valence-electron chi connectivity index (χ4n) is 3.20. The maximum absolute atomic E-state index is 12.6. The molecule has 1 atom stereocenters. The van der Waals surface area contributed by atoms with Crippen molar-refractivity contribution in [2.45, 2.75) is 32.7 Å². The smallest absolute Gasteiger partial charge is 0.229 e. The summed E-state index contributed by atoms with van der Waals surface area (Å²) in [5.41, 5.74) is 4.43. The number of nitrogens with zero attached hydrogens (tertiary/aromatic N) is 1. The van der Waals surface area contributed by atoms with Crippen molar-refractivity contribution < 1.29 is 4.79 Å². The van der Waals surface area contributed by atoms with Gasteiger partial charge in [0.2, 0.25) is 5.91 Å². The Balaban J connectivity index is 1.62. The molecule has 0 spiro atoms. The third-order valence-corrected chi connectivity index (χ3v) is 4.55. The zero-order valence-electron chi connectivity index (χ0n) is 13.5. The summed E-state index contributed by atoms with van der Waals surface area (Å²) in [5, 5.41) is 4.06. The molecule has 2 aromatic carbocycles. The van der Waals surface area contributed by atoms with E-state index in [9.17, 15) is 4.79 Å². The third kappa shape index (κ3) is 3.35. The quantitative estimate of drug-likeness (QED) is 0.900. The van der Waals surface area contributed by atoms with Gasteiger partial charge >= 0.3 is 0 Å². The zero-order chi connectivity index (χ0) is 16.4. The fraction of sp³-hybridized carbons (Fsp3) is 0.316. The van der Waals surface area contributed by atoms with Crippen molar-refractivity contribution >= 4 is 28.9 Å². The normalized spacial score (nSPS) is 16.3. The minimum Gasteiger partial charge on any atom is -0.384 e. The molecule has 1 aliphatic rings. The van der Waals surface area contributed by atoms with Crippen LogP contribution in [-0.2, 0) is 11.2 Å². The summed E-state index contributed by atoms with van der Waals surface area (Å²) in [7, 11) is 0. The van der Waals surface area contributed by atoms with Gasteiger partial charge in [0.1, 0.15) is 0 Å². The molecule has 0 radical (unpaired) electrons. The van der Waals surface area contributed by atoms with E-state index in [2.05, 4.69) is 18.3 Å². The van der Waals surface area contributed by atoms with E-state index in [4.69, 9.17) is 11.6 Å². The Hall–Kier alpha value is -2.00. The fourth-order valence-corrected chi connectivity index (χ4v) is 3.42. The number of rotatable bonds is 4. The highest BCUT2D eigenvalue weighted by Crippen LogP contribution is 2.32. The largest absolute Gasteiger partial charge is 0.384 e. The van der Waals surface area contributed by atoms with Crippen LogP contribution in [0.3, 0.4) is 0 Å². The maximum Gasteiger partial charge on any atom is 0.229 e. The number of aryl methyl sites for hydroxylation is 1. The van der Waals surface area contributed by atoms with Gasteiger partial charge in [-0.25, -0.2) is 0 Å². The molecule has 1 aliphatic heterocycles. The molecule has 0 saturated carbocycles. The summed E-state index contributed by atoms with van der Waals surface area (Å²) >= 11 is 5.96. The average molecular weight is 329 g/mol. The monoisotopic (exact) mass is 328 g/mol. The van der Waals surface area contributed by atoms with Crippen molar-refractivity contribution in [3.63, 3.8) is 0 Å². The number of para-hydroxylation sites is 1. The van der Waals surface area contributed by atoms with Crippen LogP contribution >= 0.6 is 11.6 Å². The highest BCUT2D eigenvalue weighted by atomic mass is 35.5. The van der Waals surface area contributed by atoms with Crippen LogP contribution in [0.2, 0.25) is 5.02 Å². The predicted octanol–water partition coefficient (Wildman–Crippen LogP) is 4.43. The summed E-state index contributed by atoms with van der Waals surface area (Å²) in [4.78, 5) is 14.5. The van der Waals surface area contributed by atoms with Crippen molar-refractivity contribution in [3.8, 4) is 0 Å². The summed E-state index contributed by atoms with van der Waals surface area (Å²) in [6, 6.07) is 14.1. The van der Waals surface area contributed by atoms with Gasteiger partial charge in [-0.05, 0) is 55.7 Å². The molecule has 4 heteroatoms. The van der Waals surface area contributed by atoms with Gasteiger partial charge in [0.15, 0.2) is 0 Å². The van der Waals surface area contributed by atoms with Gasteiger partial charge in [-0.15, -0.1) is 0 Å². The van der Waals surface area contributed by atoms with Gasteiger partial charge in [0, 0.05) is 35.4 Å². The molecule has 0 saturated heterocycles. The van der Waals surface area contributed by atoms with E-state index < -0.39 is 0 Å². The molecular formula is C19H21ClN2O. The van der Waals surface area contributed by atoms with Gasteiger partial charge in [-0.1, -0.05) is 29.8 Å². The molecule has 2 aromatic rings. The van der Waals surface area contributed by atoms with Crippen LogP contribution in [0.25, 0.3) is 0 Å². The number of benzene rings is 2. The Morgan fingerprint density at radius 1 is 1.30 bits per heavy atom. The molecule has 0 bridgehead atoms. The number of hydrogen-bond acceptors (Lipinski definition) is 2. The van der Waals surface area contributed by atoms with E-state index in [0.29, 0.717) is 13.0 Å². The number of nitrogens with one attached hydrogen (secondary N) is 1. The molecule has 3 rings (SSSR count). The summed E-state index contributed by atoms with van der Waals surface area (Å²) in [6.45, 7) is 4.73.